The van der Waals surface area contributed by atoms with E-state index < -0.39 is 0 Å². The largest absolute Gasteiger partial charge is 0.377 e. The van der Waals surface area contributed by atoms with Crippen molar-refractivity contribution < 1.29 is 9.53 Å². The molecule has 1 aliphatic rings. The molecule has 0 aliphatic carbocycles. The standard InChI is InChI=1S/C21H34N2O2/c1-16(2)21(18-10-6-5-7-11-18)22-20(24)15-23(17(3)4)14-19-12-8-9-13-25-19/h5-7,10-11,16-17,19,21H,8-9,12-15H2,1-4H3,(H,22,24). The Hall–Kier alpha value is -1.39. The Bertz CT molecular complexity index is 510. The van der Waals surface area contributed by atoms with Crippen molar-refractivity contribution in [1.82, 2.24) is 10.2 Å². The van der Waals surface area contributed by atoms with Crippen molar-refractivity contribution in [2.45, 2.75) is 65.1 Å². The summed E-state index contributed by atoms with van der Waals surface area (Å²) in [5.74, 6) is 0.438. The first-order valence-corrected chi connectivity index (χ1v) is 9.67. The monoisotopic (exact) mass is 346 g/mol. The molecule has 1 N–H and O–H groups in total. The molecule has 0 spiro atoms. The highest BCUT2D eigenvalue weighted by Gasteiger charge is 2.23. The van der Waals surface area contributed by atoms with Crippen molar-refractivity contribution in [2.24, 2.45) is 5.92 Å². The lowest BCUT2D eigenvalue weighted by molar-refractivity contribution is -0.124. The highest BCUT2D eigenvalue weighted by Crippen LogP contribution is 2.21. The topological polar surface area (TPSA) is 41.6 Å². The Balaban J connectivity index is 1.94. The van der Waals surface area contributed by atoms with E-state index in [2.05, 4.69) is 50.0 Å². The molecule has 1 aromatic carbocycles. The molecule has 1 fully saturated rings. The Morgan fingerprint density at radius 1 is 1.20 bits per heavy atom. The van der Waals surface area contributed by atoms with Crippen molar-refractivity contribution in [2.75, 3.05) is 19.7 Å². The van der Waals surface area contributed by atoms with Crippen LogP contribution in [0.5, 0.6) is 0 Å². The number of ether oxygens (including phenoxy) is 1. The third kappa shape index (κ3) is 6.44. The number of carbonyl (C=O) groups excluding carboxylic acids is 1. The first kappa shape index (κ1) is 19.9. The van der Waals surface area contributed by atoms with Crippen LogP contribution in [0.4, 0.5) is 0 Å². The zero-order chi connectivity index (χ0) is 18.2. The number of rotatable bonds is 8. The van der Waals surface area contributed by atoms with Crippen LogP contribution in [0.2, 0.25) is 0 Å². The lowest BCUT2D eigenvalue weighted by Crippen LogP contribution is -2.46. The molecule has 0 bridgehead atoms. The molecule has 25 heavy (non-hydrogen) atoms. The molecule has 1 aromatic rings. The van der Waals surface area contributed by atoms with E-state index in [1.165, 1.54) is 6.42 Å². The molecule has 2 atom stereocenters. The fourth-order valence-corrected chi connectivity index (χ4v) is 3.37. The Morgan fingerprint density at radius 3 is 2.48 bits per heavy atom. The third-order valence-corrected chi connectivity index (χ3v) is 4.93. The predicted octanol–water partition coefficient (Wildman–Crippen LogP) is 3.78. The van der Waals surface area contributed by atoms with Crippen molar-refractivity contribution in [3.8, 4) is 0 Å². The normalized spacial score (nSPS) is 19.4. The minimum atomic E-state index is 0.0497. The van der Waals surface area contributed by atoms with Gasteiger partial charge in [-0.2, -0.15) is 0 Å². The van der Waals surface area contributed by atoms with Crippen LogP contribution in [-0.4, -0.2) is 42.6 Å². The van der Waals surface area contributed by atoms with Gasteiger partial charge in [-0.1, -0.05) is 44.2 Å². The summed E-state index contributed by atoms with van der Waals surface area (Å²) in [6.45, 7) is 10.7. The van der Waals surface area contributed by atoms with E-state index in [1.807, 2.05) is 18.2 Å². The van der Waals surface area contributed by atoms with E-state index in [9.17, 15) is 4.79 Å². The van der Waals surface area contributed by atoms with Crippen LogP contribution in [0.1, 0.15) is 58.6 Å². The Morgan fingerprint density at radius 2 is 1.92 bits per heavy atom. The summed E-state index contributed by atoms with van der Waals surface area (Å²) in [5.41, 5.74) is 1.16. The van der Waals surface area contributed by atoms with Crippen molar-refractivity contribution in [3.63, 3.8) is 0 Å². The Kier molecular flexibility index (Phi) is 7.91. The SMILES string of the molecule is CC(C)C(NC(=O)CN(CC1CCCCO1)C(C)C)c1ccccc1. The van der Waals surface area contributed by atoms with Crippen LogP contribution in [-0.2, 0) is 9.53 Å². The van der Waals surface area contributed by atoms with Crippen LogP contribution < -0.4 is 5.32 Å². The van der Waals surface area contributed by atoms with Crippen LogP contribution in [0.3, 0.4) is 0 Å². The summed E-state index contributed by atoms with van der Waals surface area (Å²) >= 11 is 0. The zero-order valence-electron chi connectivity index (χ0n) is 16.2. The molecule has 0 aromatic heterocycles. The van der Waals surface area contributed by atoms with Gasteiger partial charge in [0.25, 0.3) is 0 Å². The van der Waals surface area contributed by atoms with Gasteiger partial charge in [-0.25, -0.2) is 0 Å². The van der Waals surface area contributed by atoms with Gasteiger partial charge in [0, 0.05) is 19.2 Å². The summed E-state index contributed by atoms with van der Waals surface area (Å²) in [7, 11) is 0. The fraction of sp³-hybridized carbons (Fsp3) is 0.667. The number of benzene rings is 1. The third-order valence-electron chi connectivity index (χ3n) is 4.93. The second-order valence-corrected chi connectivity index (χ2v) is 7.71. The molecule has 1 amide bonds. The molecule has 1 aliphatic heterocycles. The zero-order valence-corrected chi connectivity index (χ0v) is 16.2. The summed E-state index contributed by atoms with van der Waals surface area (Å²) < 4.78 is 5.86. The first-order valence-electron chi connectivity index (χ1n) is 9.67. The summed E-state index contributed by atoms with van der Waals surface area (Å²) in [4.78, 5) is 14.9. The quantitative estimate of drug-likeness (QED) is 0.779. The molecule has 4 nitrogen and oxygen atoms in total. The number of hydrogen-bond donors (Lipinski definition) is 1. The van der Waals surface area contributed by atoms with Gasteiger partial charge in [-0.3, -0.25) is 9.69 Å². The van der Waals surface area contributed by atoms with Crippen LogP contribution in [0.25, 0.3) is 0 Å². The minimum absolute atomic E-state index is 0.0497. The van der Waals surface area contributed by atoms with Gasteiger partial charge in [0.2, 0.25) is 5.91 Å². The van der Waals surface area contributed by atoms with Crippen molar-refractivity contribution in [3.05, 3.63) is 35.9 Å². The maximum atomic E-state index is 12.7. The van der Waals surface area contributed by atoms with Gasteiger partial charge in [0.05, 0.1) is 18.7 Å². The average Bonchev–Trinajstić information content (AvgIpc) is 2.60. The fourth-order valence-electron chi connectivity index (χ4n) is 3.37. The van der Waals surface area contributed by atoms with Gasteiger partial charge in [0.15, 0.2) is 0 Å². The molecule has 4 heteroatoms. The number of amides is 1. The lowest BCUT2D eigenvalue weighted by atomic mass is 9.96. The van der Waals surface area contributed by atoms with Crippen molar-refractivity contribution >= 4 is 5.91 Å². The van der Waals surface area contributed by atoms with Gasteiger partial charge in [0.1, 0.15) is 0 Å². The van der Waals surface area contributed by atoms with Gasteiger partial charge >= 0.3 is 0 Å². The molecule has 2 unspecified atom stereocenters. The second-order valence-electron chi connectivity index (χ2n) is 7.71. The molecule has 1 heterocycles. The Labute approximate surface area is 152 Å². The average molecular weight is 347 g/mol. The maximum absolute atomic E-state index is 12.7. The summed E-state index contributed by atoms with van der Waals surface area (Å²) in [6, 6.07) is 10.6. The van der Waals surface area contributed by atoms with Crippen LogP contribution in [0, 0.1) is 5.92 Å². The molecule has 1 saturated heterocycles. The smallest absolute Gasteiger partial charge is 0.234 e. The highest BCUT2D eigenvalue weighted by molar-refractivity contribution is 5.78. The van der Waals surface area contributed by atoms with Crippen LogP contribution in [0.15, 0.2) is 30.3 Å². The lowest BCUT2D eigenvalue weighted by Gasteiger charge is -2.33. The second kappa shape index (κ2) is 9.93. The summed E-state index contributed by atoms with van der Waals surface area (Å²) in [5, 5.41) is 3.23. The molecular formula is C21H34N2O2. The van der Waals surface area contributed by atoms with E-state index in [1.54, 1.807) is 0 Å². The van der Waals surface area contributed by atoms with Gasteiger partial charge < -0.3 is 10.1 Å². The predicted molar refractivity (Wildman–Crippen MR) is 102 cm³/mol. The first-order chi connectivity index (χ1) is 12.0. The number of nitrogens with one attached hydrogen (secondary N) is 1. The van der Waals surface area contributed by atoms with E-state index in [0.717, 1.165) is 31.6 Å². The van der Waals surface area contributed by atoms with Crippen LogP contribution >= 0.6 is 0 Å². The minimum Gasteiger partial charge on any atom is -0.377 e. The maximum Gasteiger partial charge on any atom is 0.234 e. The molecule has 0 radical (unpaired) electrons. The van der Waals surface area contributed by atoms with E-state index in [-0.39, 0.29) is 18.1 Å². The summed E-state index contributed by atoms with van der Waals surface area (Å²) in [6.07, 6.45) is 3.75. The molecule has 2 rings (SSSR count). The van der Waals surface area contributed by atoms with Gasteiger partial charge in [-0.05, 0) is 44.6 Å². The molecular weight excluding hydrogens is 312 g/mol. The number of nitrogens with zero attached hydrogens (tertiary/aromatic N) is 1. The van der Waals surface area contributed by atoms with E-state index in [0.29, 0.717) is 18.5 Å². The van der Waals surface area contributed by atoms with E-state index in [4.69, 9.17) is 4.74 Å². The van der Waals surface area contributed by atoms with Crippen molar-refractivity contribution in [1.29, 1.82) is 0 Å². The number of carbonyl (C=O) groups is 1. The molecule has 0 saturated carbocycles. The molecule has 140 valence electrons. The highest BCUT2D eigenvalue weighted by atomic mass is 16.5. The van der Waals surface area contributed by atoms with E-state index >= 15 is 0 Å². The number of hydrogen-bond acceptors (Lipinski definition) is 3. The van der Waals surface area contributed by atoms with Gasteiger partial charge in [-0.15, -0.1) is 0 Å².